The molecule has 2 aliphatic heterocycles. The number of rotatable bonds is 10. The zero-order valence-corrected chi connectivity index (χ0v) is 51.8. The first kappa shape index (κ1) is 54.3. The van der Waals surface area contributed by atoms with Crippen LogP contribution < -0.4 is 26.0 Å². The van der Waals surface area contributed by atoms with Crippen molar-refractivity contribution in [2.45, 2.75) is 77.6 Å². The molecular weight excluding hydrogens is 1080 g/mol. The lowest BCUT2D eigenvalue weighted by atomic mass is 9.54. The van der Waals surface area contributed by atoms with Gasteiger partial charge >= 0.3 is 0 Å². The number of hydrogen-bond acceptors (Lipinski definition) is 4. The second kappa shape index (κ2) is 20.8. The van der Waals surface area contributed by atoms with Crippen LogP contribution in [0.2, 0.25) is 0 Å². The number of hydrogen-bond donors (Lipinski definition) is 1. The molecule has 16 rings (SSSR count). The van der Waals surface area contributed by atoms with Gasteiger partial charge in [0.25, 0.3) is 0 Å². The first-order chi connectivity index (χ1) is 43.4. The van der Waals surface area contributed by atoms with Gasteiger partial charge in [-0.25, -0.2) is 0 Å². The van der Waals surface area contributed by atoms with Gasteiger partial charge in [0.1, 0.15) is 11.2 Å². The van der Waals surface area contributed by atoms with Gasteiger partial charge in [-0.3, -0.25) is 0 Å². The molecule has 0 radical (unpaired) electrons. The van der Waals surface area contributed by atoms with Gasteiger partial charge in [-0.2, -0.15) is 0 Å². The van der Waals surface area contributed by atoms with E-state index in [1.807, 2.05) is 0 Å². The van der Waals surface area contributed by atoms with E-state index in [0.717, 1.165) is 85.7 Å². The second-order valence-electron chi connectivity index (χ2n) is 26.5. The van der Waals surface area contributed by atoms with Gasteiger partial charge in [-0.05, 0) is 195 Å². The van der Waals surface area contributed by atoms with Crippen LogP contribution in [-0.2, 0) is 16.2 Å². The minimum Gasteiger partial charge on any atom is -0.456 e. The van der Waals surface area contributed by atoms with E-state index in [2.05, 4.69) is 324 Å². The molecule has 1 N–H and O–H groups in total. The zero-order chi connectivity index (χ0) is 60.3. The van der Waals surface area contributed by atoms with E-state index >= 15 is 0 Å². The van der Waals surface area contributed by atoms with Crippen LogP contribution in [0.25, 0.3) is 55.3 Å². The van der Waals surface area contributed by atoms with E-state index in [1.54, 1.807) is 0 Å². The van der Waals surface area contributed by atoms with Crippen molar-refractivity contribution in [3.63, 3.8) is 0 Å². The number of nitrogens with zero attached hydrogens (tertiary/aromatic N) is 2. The summed E-state index contributed by atoms with van der Waals surface area (Å²) in [4.78, 5) is 5.19. The molecule has 1 aromatic heterocycles. The largest absolute Gasteiger partial charge is 0.456 e. The van der Waals surface area contributed by atoms with Gasteiger partial charge in [0.05, 0.1) is 22.2 Å². The van der Waals surface area contributed by atoms with Crippen molar-refractivity contribution < 1.29 is 4.42 Å². The van der Waals surface area contributed by atoms with Crippen LogP contribution in [0.3, 0.4) is 0 Å². The number of fused-ring (bicyclic) bond motifs is 8. The van der Waals surface area contributed by atoms with E-state index in [4.69, 9.17) is 4.42 Å². The van der Waals surface area contributed by atoms with Gasteiger partial charge in [-0.15, -0.1) is 0 Å². The standard InChI is InChI=1S/C84H70BN3O/c1-53-49-68-69(83(6,7)46-45-82(68,4)5)52-71(53)86-80-63(41-44-77-78(80)64-33-20-23-38-76(64)89-77)65-50-62(87(72-42-39-58(47-54(72)2)56-25-12-8-13-26-56)73-43-40-59(48-55(73)3)57-27-14-9-15-28-57)51-75-79(65)85-70-36-24-35-67-81(70)88(75)74-37-22-21-34-66(74)84(67,60-29-16-10-17-30-60)61-31-18-11-19-32-61/h8-44,47-52,85-86H,45-46H2,1-7H3. The normalized spacial score (nSPS) is 14.7. The average Bonchev–Trinajstić information content (AvgIpc) is 1.06. The van der Waals surface area contributed by atoms with Crippen molar-refractivity contribution in [3.8, 4) is 33.4 Å². The molecular formula is C84H70BN3O. The first-order valence-corrected chi connectivity index (χ1v) is 31.7. The van der Waals surface area contributed by atoms with Crippen LogP contribution >= 0.6 is 0 Å². The Morgan fingerprint density at radius 1 is 0.438 bits per heavy atom. The third-order valence-corrected chi connectivity index (χ3v) is 20.2. The van der Waals surface area contributed by atoms with Crippen LogP contribution in [0.1, 0.15) is 90.6 Å². The molecule has 13 aromatic rings. The topological polar surface area (TPSA) is 31.6 Å². The van der Waals surface area contributed by atoms with Crippen LogP contribution in [0.15, 0.2) is 265 Å². The SMILES string of the molecule is Cc1cc2c(cc1Nc1c(-c3cc(N(c4ccc(-c5ccccc5)cc4C)c4ccc(-c5ccccc5)cc4C)cc4c3Bc3cccc5c3N4c3ccccc3C5(c3ccccc3)c3ccccc3)ccc3oc4ccccc4c13)C(C)(C)CCC2(C)C. The van der Waals surface area contributed by atoms with Gasteiger partial charge in [0.2, 0.25) is 0 Å². The first-order valence-electron chi connectivity index (χ1n) is 31.7. The summed E-state index contributed by atoms with van der Waals surface area (Å²) in [6, 6.07) is 97.4. The second-order valence-corrected chi connectivity index (χ2v) is 26.5. The number of para-hydroxylation sites is 3. The number of furan rings is 1. The fraction of sp³-hybridized carbons (Fsp3) is 0.143. The molecule has 1 aliphatic carbocycles. The molecule has 0 saturated heterocycles. The highest BCUT2D eigenvalue weighted by molar-refractivity contribution is 6.73. The molecule has 5 heteroatoms. The molecule has 4 nitrogen and oxygen atoms in total. The third-order valence-electron chi connectivity index (χ3n) is 20.2. The maximum atomic E-state index is 6.88. The van der Waals surface area contributed by atoms with Gasteiger partial charge in [0.15, 0.2) is 7.28 Å². The summed E-state index contributed by atoms with van der Waals surface area (Å²) >= 11 is 0. The fourth-order valence-corrected chi connectivity index (χ4v) is 15.6. The van der Waals surface area contributed by atoms with Crippen molar-refractivity contribution >= 4 is 85.6 Å². The van der Waals surface area contributed by atoms with Crippen molar-refractivity contribution in [2.75, 3.05) is 15.1 Å². The average molecular weight is 1150 g/mol. The van der Waals surface area contributed by atoms with Gasteiger partial charge < -0.3 is 19.5 Å². The molecule has 12 aromatic carbocycles. The molecule has 89 heavy (non-hydrogen) atoms. The summed E-state index contributed by atoms with van der Waals surface area (Å²) in [6.07, 6.45) is 2.28. The molecule has 0 bridgehead atoms. The zero-order valence-electron chi connectivity index (χ0n) is 51.8. The monoisotopic (exact) mass is 1150 g/mol. The van der Waals surface area contributed by atoms with Crippen LogP contribution in [-0.4, -0.2) is 7.28 Å². The summed E-state index contributed by atoms with van der Waals surface area (Å²) < 4.78 is 6.88. The van der Waals surface area contributed by atoms with E-state index in [9.17, 15) is 0 Å². The quantitative estimate of drug-likeness (QED) is 0.138. The van der Waals surface area contributed by atoms with Crippen molar-refractivity contribution in [2.24, 2.45) is 0 Å². The summed E-state index contributed by atoms with van der Waals surface area (Å²) in [7, 11) is 0.701. The number of aryl methyl sites for hydroxylation is 3. The lowest BCUT2D eigenvalue weighted by molar-refractivity contribution is 0.332. The Morgan fingerprint density at radius 2 is 1.00 bits per heavy atom. The van der Waals surface area contributed by atoms with Crippen LogP contribution in [0.4, 0.5) is 45.5 Å². The molecule has 0 unspecified atom stereocenters. The molecule has 0 saturated carbocycles. The van der Waals surface area contributed by atoms with Crippen LogP contribution in [0.5, 0.6) is 0 Å². The van der Waals surface area contributed by atoms with Crippen molar-refractivity contribution in [1.82, 2.24) is 0 Å². The molecule has 0 spiro atoms. The van der Waals surface area contributed by atoms with E-state index in [1.165, 1.54) is 88.9 Å². The lowest BCUT2D eigenvalue weighted by Crippen LogP contribution is -2.47. The van der Waals surface area contributed by atoms with Crippen molar-refractivity contribution in [1.29, 1.82) is 0 Å². The highest BCUT2D eigenvalue weighted by Gasteiger charge is 2.49. The van der Waals surface area contributed by atoms with Gasteiger partial charge in [-0.1, -0.05) is 227 Å². The molecule has 0 atom stereocenters. The summed E-state index contributed by atoms with van der Waals surface area (Å²) in [5.74, 6) is 0. The Balaban J connectivity index is 1.01. The maximum absolute atomic E-state index is 6.88. The number of benzene rings is 12. The van der Waals surface area contributed by atoms with Gasteiger partial charge in [0, 0.05) is 45.1 Å². The highest BCUT2D eigenvalue weighted by Crippen LogP contribution is 2.59. The smallest absolute Gasteiger partial charge is 0.198 e. The van der Waals surface area contributed by atoms with Crippen molar-refractivity contribution in [3.05, 3.63) is 311 Å². The summed E-state index contributed by atoms with van der Waals surface area (Å²) in [5.41, 5.74) is 31.1. The highest BCUT2D eigenvalue weighted by atomic mass is 16.3. The Kier molecular flexibility index (Phi) is 12.7. The number of nitrogens with one attached hydrogen (secondary N) is 1. The molecule has 3 heterocycles. The fourth-order valence-electron chi connectivity index (χ4n) is 15.6. The molecule has 430 valence electrons. The maximum Gasteiger partial charge on any atom is 0.198 e. The van der Waals surface area contributed by atoms with Crippen LogP contribution in [0, 0.1) is 20.8 Å². The molecule has 3 aliphatic rings. The third kappa shape index (κ3) is 8.64. The summed E-state index contributed by atoms with van der Waals surface area (Å²) in [6.45, 7) is 16.6. The minimum absolute atomic E-state index is 0.00741. The molecule has 0 amide bonds. The van der Waals surface area contributed by atoms with E-state index < -0.39 is 5.41 Å². The Hall–Kier alpha value is -10.1. The minimum atomic E-state index is -0.624. The lowest BCUT2D eigenvalue weighted by Gasteiger charge is -2.49. The predicted molar refractivity (Wildman–Crippen MR) is 377 cm³/mol. The number of anilines is 8. The molecule has 0 fully saturated rings. The van der Waals surface area contributed by atoms with E-state index in [-0.39, 0.29) is 10.8 Å². The van der Waals surface area contributed by atoms with E-state index in [0.29, 0.717) is 7.28 Å². The summed E-state index contributed by atoms with van der Waals surface area (Å²) in [5, 5.41) is 6.45. The Labute approximate surface area is 524 Å². The predicted octanol–water partition coefficient (Wildman–Crippen LogP) is 20.9. The Morgan fingerprint density at radius 3 is 1.63 bits per heavy atom. The Bertz CT molecular complexity index is 4820.